The van der Waals surface area contributed by atoms with Gasteiger partial charge in [0.15, 0.2) is 5.82 Å². The number of nitrogens with zero attached hydrogens (tertiary/aromatic N) is 4. The van der Waals surface area contributed by atoms with Crippen molar-refractivity contribution in [3.8, 4) is 5.69 Å². The third-order valence-electron chi connectivity index (χ3n) is 5.95. The normalized spacial score (nSPS) is 16.7. The minimum absolute atomic E-state index is 0.0337. The Bertz CT molecular complexity index is 1020. The zero-order valence-electron chi connectivity index (χ0n) is 17.5. The molecular weight excluding hydrogens is 378 g/mol. The minimum atomic E-state index is -1.06. The van der Waals surface area contributed by atoms with Crippen LogP contribution in [-0.2, 0) is 11.2 Å². The Morgan fingerprint density at radius 2 is 1.80 bits per heavy atom. The molecule has 0 spiro atoms. The van der Waals surface area contributed by atoms with Crippen LogP contribution in [0.25, 0.3) is 5.69 Å². The second-order valence-corrected chi connectivity index (χ2v) is 8.46. The van der Waals surface area contributed by atoms with Crippen molar-refractivity contribution in [3.05, 3.63) is 71.0 Å². The first-order chi connectivity index (χ1) is 14.4. The molecule has 156 valence electrons. The number of aryl methyl sites for hydroxylation is 2. The van der Waals surface area contributed by atoms with Crippen LogP contribution in [-0.4, -0.2) is 37.3 Å². The number of aliphatic hydroxyl groups excluding tert-OH is 1. The van der Waals surface area contributed by atoms with Crippen molar-refractivity contribution in [2.24, 2.45) is 5.41 Å². The molecule has 2 N–H and O–H groups in total. The van der Waals surface area contributed by atoms with E-state index in [1.807, 2.05) is 69.3 Å². The quantitative estimate of drug-likeness (QED) is 0.631. The highest BCUT2D eigenvalue weighted by atomic mass is 16.3. The minimum Gasteiger partial charge on any atom is -0.383 e. The number of carbonyl (C=O) groups is 1. The van der Waals surface area contributed by atoms with E-state index in [-0.39, 0.29) is 11.3 Å². The van der Waals surface area contributed by atoms with E-state index in [4.69, 9.17) is 0 Å². The number of nitrogens with one attached hydrogen (secondary N) is 1. The number of rotatable bonds is 7. The maximum Gasteiger partial charge on any atom is 0.226 e. The van der Waals surface area contributed by atoms with Crippen LogP contribution < -0.4 is 5.32 Å². The summed E-state index contributed by atoms with van der Waals surface area (Å²) in [5.74, 6) is 0.281. The highest BCUT2D eigenvalue weighted by molar-refractivity contribution is 5.85. The van der Waals surface area contributed by atoms with Crippen LogP contribution in [0.5, 0.6) is 0 Å². The summed E-state index contributed by atoms with van der Waals surface area (Å²) in [6.45, 7) is 5.92. The zero-order chi connectivity index (χ0) is 21.3. The molecule has 1 fully saturated rings. The molecular formula is C23H27N5O2. The van der Waals surface area contributed by atoms with Crippen LogP contribution in [0.1, 0.15) is 48.4 Å². The molecule has 7 nitrogen and oxygen atoms in total. The number of hydrogen-bond donors (Lipinski definition) is 2. The van der Waals surface area contributed by atoms with Crippen molar-refractivity contribution in [3.63, 3.8) is 0 Å². The van der Waals surface area contributed by atoms with Crippen molar-refractivity contribution in [2.45, 2.75) is 52.2 Å². The smallest absolute Gasteiger partial charge is 0.226 e. The lowest BCUT2D eigenvalue weighted by Gasteiger charge is -2.25. The van der Waals surface area contributed by atoms with Gasteiger partial charge in [0.2, 0.25) is 5.91 Å². The highest BCUT2D eigenvalue weighted by Crippen LogP contribution is 2.45. The molecule has 0 aliphatic heterocycles. The number of para-hydroxylation sites is 1. The van der Waals surface area contributed by atoms with Crippen molar-refractivity contribution in [1.29, 1.82) is 0 Å². The van der Waals surface area contributed by atoms with Crippen LogP contribution in [0.3, 0.4) is 0 Å². The average molecular weight is 406 g/mol. The Morgan fingerprint density at radius 1 is 1.13 bits per heavy atom. The maximum absolute atomic E-state index is 12.8. The van der Waals surface area contributed by atoms with Gasteiger partial charge in [-0.25, -0.2) is 0 Å². The molecule has 30 heavy (non-hydrogen) atoms. The van der Waals surface area contributed by atoms with E-state index >= 15 is 0 Å². The lowest BCUT2D eigenvalue weighted by Crippen LogP contribution is -2.44. The predicted molar refractivity (Wildman–Crippen MR) is 113 cm³/mol. The molecule has 2 atom stereocenters. The topological polar surface area (TPSA) is 92.9 Å². The predicted octanol–water partition coefficient (Wildman–Crippen LogP) is 2.84. The van der Waals surface area contributed by atoms with Gasteiger partial charge in [-0.1, -0.05) is 55.5 Å². The second kappa shape index (κ2) is 7.99. The third kappa shape index (κ3) is 3.98. The molecule has 3 aromatic rings. The molecule has 1 unspecified atom stereocenters. The van der Waals surface area contributed by atoms with Gasteiger partial charge in [0, 0.05) is 5.41 Å². The fourth-order valence-corrected chi connectivity index (χ4v) is 3.72. The van der Waals surface area contributed by atoms with Crippen LogP contribution >= 0.6 is 0 Å². The van der Waals surface area contributed by atoms with Crippen LogP contribution in [0, 0.1) is 19.3 Å². The third-order valence-corrected chi connectivity index (χ3v) is 5.95. The number of hydrogen-bond acceptors (Lipinski definition) is 5. The molecule has 4 rings (SSSR count). The summed E-state index contributed by atoms with van der Waals surface area (Å²) >= 11 is 0. The van der Waals surface area contributed by atoms with Gasteiger partial charge >= 0.3 is 0 Å². The summed E-state index contributed by atoms with van der Waals surface area (Å²) in [5.41, 5.74) is 3.53. The molecule has 1 saturated carbocycles. The van der Waals surface area contributed by atoms with Crippen molar-refractivity contribution < 1.29 is 9.90 Å². The molecule has 1 aliphatic rings. The molecule has 7 heteroatoms. The van der Waals surface area contributed by atoms with E-state index in [2.05, 4.69) is 20.8 Å². The lowest BCUT2D eigenvalue weighted by atomic mass is 9.98. The molecule has 2 aromatic carbocycles. The average Bonchev–Trinajstić information content (AvgIpc) is 3.31. The summed E-state index contributed by atoms with van der Waals surface area (Å²) in [6.07, 6.45) is 1.15. The van der Waals surface area contributed by atoms with E-state index in [1.165, 1.54) is 0 Å². The van der Waals surface area contributed by atoms with Crippen LogP contribution in [0.2, 0.25) is 0 Å². The maximum atomic E-state index is 12.8. The fraction of sp³-hybridized carbons (Fsp3) is 0.391. The van der Waals surface area contributed by atoms with Gasteiger partial charge in [0.1, 0.15) is 6.10 Å². The SMILES string of the molecule is Cc1cccc(C)c1-n1nnnc1C(O)[C@H](Cc1ccccc1)NC(=O)C1(C)CC1. The molecule has 1 aromatic heterocycles. The molecule has 1 aliphatic carbocycles. The van der Waals surface area contributed by atoms with E-state index in [9.17, 15) is 9.90 Å². The molecule has 1 amide bonds. The number of aliphatic hydroxyl groups is 1. The monoisotopic (exact) mass is 405 g/mol. The Morgan fingerprint density at radius 3 is 2.43 bits per heavy atom. The fourth-order valence-electron chi connectivity index (χ4n) is 3.72. The summed E-state index contributed by atoms with van der Waals surface area (Å²) < 4.78 is 1.58. The van der Waals surface area contributed by atoms with Crippen LogP contribution in [0.4, 0.5) is 0 Å². The Balaban J connectivity index is 1.67. The zero-order valence-corrected chi connectivity index (χ0v) is 17.5. The standard InChI is InChI=1S/C23H27N5O2/c1-15-8-7-9-16(2)19(15)28-21(25-26-27-28)20(29)18(14-17-10-5-4-6-11-17)24-22(30)23(3)12-13-23/h4-11,18,20,29H,12-14H2,1-3H3,(H,24,30)/t18-,20?/m0/s1. The van der Waals surface area contributed by atoms with Gasteiger partial charge < -0.3 is 10.4 Å². The van der Waals surface area contributed by atoms with Crippen molar-refractivity contribution >= 4 is 5.91 Å². The van der Waals surface area contributed by atoms with E-state index in [0.717, 1.165) is 35.2 Å². The van der Waals surface area contributed by atoms with Crippen molar-refractivity contribution in [1.82, 2.24) is 25.5 Å². The van der Waals surface area contributed by atoms with Gasteiger partial charge in [-0.05, 0) is 60.2 Å². The number of benzene rings is 2. The first kappa shape index (κ1) is 20.2. The number of aromatic nitrogens is 4. The first-order valence-corrected chi connectivity index (χ1v) is 10.3. The van der Waals surface area contributed by atoms with E-state index < -0.39 is 12.1 Å². The van der Waals surface area contributed by atoms with E-state index in [1.54, 1.807) is 4.68 Å². The molecule has 1 heterocycles. The van der Waals surface area contributed by atoms with Crippen LogP contribution in [0.15, 0.2) is 48.5 Å². The van der Waals surface area contributed by atoms with Gasteiger partial charge in [-0.3, -0.25) is 4.79 Å². The van der Waals surface area contributed by atoms with Gasteiger partial charge in [-0.2, -0.15) is 4.68 Å². The number of tetrazole rings is 1. The largest absolute Gasteiger partial charge is 0.383 e. The van der Waals surface area contributed by atoms with Gasteiger partial charge in [-0.15, -0.1) is 5.10 Å². The summed E-state index contributed by atoms with van der Waals surface area (Å²) in [5, 5.41) is 26.5. The Labute approximate surface area is 176 Å². The molecule has 0 radical (unpaired) electrons. The summed E-state index contributed by atoms with van der Waals surface area (Å²) in [6, 6.07) is 15.2. The second-order valence-electron chi connectivity index (χ2n) is 8.46. The first-order valence-electron chi connectivity index (χ1n) is 10.3. The molecule has 0 bridgehead atoms. The van der Waals surface area contributed by atoms with E-state index in [0.29, 0.717) is 12.2 Å². The summed E-state index contributed by atoms with van der Waals surface area (Å²) in [7, 11) is 0. The lowest BCUT2D eigenvalue weighted by molar-refractivity contribution is -0.127. The Kier molecular flexibility index (Phi) is 5.39. The highest BCUT2D eigenvalue weighted by Gasteiger charge is 2.46. The number of amides is 1. The number of carbonyl (C=O) groups excluding carboxylic acids is 1. The van der Waals surface area contributed by atoms with Gasteiger partial charge in [0.05, 0.1) is 11.7 Å². The Hall–Kier alpha value is -3.06. The van der Waals surface area contributed by atoms with Gasteiger partial charge in [0.25, 0.3) is 0 Å². The summed E-state index contributed by atoms with van der Waals surface area (Å²) in [4.78, 5) is 12.8. The van der Waals surface area contributed by atoms with Crippen molar-refractivity contribution in [2.75, 3.05) is 0 Å². The molecule has 0 saturated heterocycles.